The van der Waals surface area contributed by atoms with E-state index in [1.807, 2.05) is 62.2 Å². The van der Waals surface area contributed by atoms with E-state index in [2.05, 4.69) is 15.2 Å². The molecular formula is C33H40N6O5. The molecule has 1 N–H and O–H groups in total. The maximum absolute atomic E-state index is 13.9. The Bertz CT molecular complexity index is 1540. The van der Waals surface area contributed by atoms with Gasteiger partial charge in [-0.15, -0.1) is 0 Å². The maximum Gasteiger partial charge on any atom is 0.410 e. The molecule has 1 saturated heterocycles. The van der Waals surface area contributed by atoms with Crippen LogP contribution in [0.25, 0.3) is 0 Å². The van der Waals surface area contributed by atoms with E-state index in [0.29, 0.717) is 73.8 Å². The van der Waals surface area contributed by atoms with Crippen LogP contribution in [0.5, 0.6) is 11.5 Å². The Balaban J connectivity index is 1.16. The second-order valence-electron chi connectivity index (χ2n) is 12.5. The first-order valence-electron chi connectivity index (χ1n) is 15.1. The lowest BCUT2D eigenvalue weighted by atomic mass is 10.0. The molecule has 0 atom stereocenters. The highest BCUT2D eigenvalue weighted by atomic mass is 16.6. The van der Waals surface area contributed by atoms with Crippen molar-refractivity contribution in [2.75, 3.05) is 50.6 Å². The molecule has 2 fully saturated rings. The van der Waals surface area contributed by atoms with Crippen LogP contribution in [-0.2, 0) is 17.8 Å². The third-order valence-electron chi connectivity index (χ3n) is 8.19. The fraction of sp³-hybridized carbons (Fsp3) is 0.455. The number of rotatable bonds is 8. The van der Waals surface area contributed by atoms with E-state index in [1.165, 1.54) is 0 Å². The summed E-state index contributed by atoms with van der Waals surface area (Å²) in [4.78, 5) is 41.6. The van der Waals surface area contributed by atoms with Crippen LogP contribution < -0.4 is 19.7 Å². The minimum atomic E-state index is -0.512. The molecule has 0 radical (unpaired) electrons. The van der Waals surface area contributed by atoms with E-state index in [4.69, 9.17) is 19.2 Å². The highest BCUT2D eigenvalue weighted by Crippen LogP contribution is 2.45. The van der Waals surface area contributed by atoms with Crippen molar-refractivity contribution in [3.63, 3.8) is 0 Å². The highest BCUT2D eigenvalue weighted by molar-refractivity contribution is 6.04. The lowest BCUT2D eigenvalue weighted by Crippen LogP contribution is -2.50. The molecule has 1 aromatic carbocycles. The van der Waals surface area contributed by atoms with Crippen LogP contribution in [0.1, 0.15) is 66.7 Å². The van der Waals surface area contributed by atoms with Crippen molar-refractivity contribution in [2.24, 2.45) is 0 Å². The van der Waals surface area contributed by atoms with E-state index >= 15 is 0 Å². The van der Waals surface area contributed by atoms with Crippen molar-refractivity contribution >= 4 is 29.2 Å². The van der Waals surface area contributed by atoms with Gasteiger partial charge in [0.05, 0.1) is 43.6 Å². The third-order valence-corrected chi connectivity index (χ3v) is 8.19. The van der Waals surface area contributed by atoms with Gasteiger partial charge in [-0.25, -0.2) is 9.78 Å². The number of piperazine rings is 1. The number of anilines is 3. The van der Waals surface area contributed by atoms with E-state index < -0.39 is 5.60 Å². The zero-order chi connectivity index (χ0) is 31.0. The summed E-state index contributed by atoms with van der Waals surface area (Å²) < 4.78 is 16.4. The van der Waals surface area contributed by atoms with E-state index in [0.717, 1.165) is 35.3 Å². The molecule has 11 heteroatoms. The first-order valence-corrected chi connectivity index (χ1v) is 15.1. The molecule has 2 amide bonds. The molecule has 6 rings (SSSR count). The van der Waals surface area contributed by atoms with E-state index in [1.54, 1.807) is 25.3 Å². The molecule has 11 nitrogen and oxygen atoms in total. The summed E-state index contributed by atoms with van der Waals surface area (Å²) in [6.07, 6.45) is 5.51. The number of amides is 2. The van der Waals surface area contributed by atoms with Crippen molar-refractivity contribution in [2.45, 2.75) is 58.2 Å². The average molecular weight is 601 g/mol. The number of ether oxygens (including phenoxy) is 3. The van der Waals surface area contributed by atoms with Crippen LogP contribution in [0.3, 0.4) is 0 Å². The van der Waals surface area contributed by atoms with Crippen LogP contribution in [0.2, 0.25) is 0 Å². The number of fused-ring (bicyclic) bond motifs is 1. The molecule has 0 bridgehead atoms. The van der Waals surface area contributed by atoms with Gasteiger partial charge in [-0.3, -0.25) is 9.78 Å². The van der Waals surface area contributed by atoms with Gasteiger partial charge in [-0.1, -0.05) is 0 Å². The Labute approximate surface area is 258 Å². The average Bonchev–Trinajstić information content (AvgIpc) is 3.80. The monoisotopic (exact) mass is 600 g/mol. The van der Waals surface area contributed by atoms with Gasteiger partial charge in [0.1, 0.15) is 22.9 Å². The summed E-state index contributed by atoms with van der Waals surface area (Å²) in [5.41, 5.74) is 4.72. The molecule has 1 saturated carbocycles. The van der Waals surface area contributed by atoms with Crippen molar-refractivity contribution in [3.05, 3.63) is 65.1 Å². The van der Waals surface area contributed by atoms with Crippen molar-refractivity contribution in [1.82, 2.24) is 19.8 Å². The van der Waals surface area contributed by atoms with Crippen LogP contribution in [0, 0.1) is 0 Å². The first-order chi connectivity index (χ1) is 21.1. The fourth-order valence-corrected chi connectivity index (χ4v) is 5.77. The van der Waals surface area contributed by atoms with Crippen molar-refractivity contribution < 1.29 is 23.8 Å². The Morgan fingerprint density at radius 1 is 1.00 bits per heavy atom. The zero-order valence-corrected chi connectivity index (χ0v) is 26.1. The molecule has 1 aliphatic carbocycles. The Morgan fingerprint density at radius 3 is 2.41 bits per heavy atom. The van der Waals surface area contributed by atoms with Gasteiger partial charge in [-0.05, 0) is 57.9 Å². The number of methoxy groups -OCH3 is 2. The Kier molecular flexibility index (Phi) is 7.96. The number of hydrogen-bond acceptors (Lipinski definition) is 9. The standard InChI is InChI=1S/C33H40N6O5/c1-33(2,3)44-32(41)38-14-12-37(13-15-38)23-9-11-28(34-17-23)36-26-18-35-30(21-6-7-21)25-20-39(31(40)29(25)26)19-22-8-10-24(42-4)16-27(22)43-5/h8-11,16-18,21H,6-7,12-15,19-20H2,1-5H3,(H,34,36). The second-order valence-corrected chi connectivity index (χ2v) is 12.5. The normalized spacial score (nSPS) is 16.6. The van der Waals surface area contributed by atoms with Gasteiger partial charge in [0.25, 0.3) is 5.91 Å². The van der Waals surface area contributed by atoms with Crippen molar-refractivity contribution in [3.8, 4) is 11.5 Å². The summed E-state index contributed by atoms with van der Waals surface area (Å²) in [5, 5.41) is 3.37. The molecule has 3 aromatic rings. The van der Waals surface area contributed by atoms with Gasteiger partial charge in [-0.2, -0.15) is 0 Å². The van der Waals surface area contributed by atoms with Gasteiger partial charge in [0, 0.05) is 68.1 Å². The minimum Gasteiger partial charge on any atom is -0.497 e. The molecule has 232 valence electrons. The number of carbonyl (C=O) groups excluding carboxylic acids is 2. The van der Waals surface area contributed by atoms with Crippen LogP contribution in [0.4, 0.5) is 22.0 Å². The molecular weight excluding hydrogens is 560 g/mol. The number of benzene rings is 1. The summed E-state index contributed by atoms with van der Waals surface area (Å²) in [6, 6.07) is 9.58. The van der Waals surface area contributed by atoms with Crippen LogP contribution >= 0.6 is 0 Å². The number of carbonyl (C=O) groups is 2. The van der Waals surface area contributed by atoms with Gasteiger partial charge in [0.15, 0.2) is 0 Å². The quantitative estimate of drug-likeness (QED) is 0.367. The predicted octanol–water partition coefficient (Wildman–Crippen LogP) is 5.33. The van der Waals surface area contributed by atoms with E-state index in [-0.39, 0.29) is 12.0 Å². The molecule has 3 aliphatic rings. The number of hydrogen-bond donors (Lipinski definition) is 1. The largest absolute Gasteiger partial charge is 0.497 e. The lowest BCUT2D eigenvalue weighted by molar-refractivity contribution is 0.0240. The maximum atomic E-state index is 13.9. The first kappa shape index (κ1) is 29.5. The minimum absolute atomic E-state index is 0.0378. The fourth-order valence-electron chi connectivity index (χ4n) is 5.77. The predicted molar refractivity (Wildman–Crippen MR) is 167 cm³/mol. The molecule has 4 heterocycles. The van der Waals surface area contributed by atoms with Crippen LogP contribution in [0.15, 0.2) is 42.7 Å². The Morgan fingerprint density at radius 2 is 1.77 bits per heavy atom. The lowest BCUT2D eigenvalue weighted by Gasteiger charge is -2.36. The zero-order valence-electron chi connectivity index (χ0n) is 26.1. The van der Waals surface area contributed by atoms with Gasteiger partial charge >= 0.3 is 6.09 Å². The topological polar surface area (TPSA) is 109 Å². The summed E-state index contributed by atoms with van der Waals surface area (Å²) in [6.45, 7) is 9.09. The smallest absolute Gasteiger partial charge is 0.410 e. The molecule has 0 unspecified atom stereocenters. The number of nitrogens with one attached hydrogen (secondary N) is 1. The number of nitrogens with zero attached hydrogens (tertiary/aromatic N) is 5. The summed E-state index contributed by atoms with van der Waals surface area (Å²) in [5.74, 6) is 2.39. The van der Waals surface area contributed by atoms with Crippen LogP contribution in [-0.4, -0.2) is 77.8 Å². The highest BCUT2D eigenvalue weighted by Gasteiger charge is 2.38. The third kappa shape index (κ3) is 6.22. The number of pyridine rings is 2. The number of aromatic nitrogens is 2. The summed E-state index contributed by atoms with van der Waals surface area (Å²) in [7, 11) is 3.24. The molecule has 44 heavy (non-hydrogen) atoms. The summed E-state index contributed by atoms with van der Waals surface area (Å²) >= 11 is 0. The second kappa shape index (κ2) is 11.9. The molecule has 2 aromatic heterocycles. The van der Waals surface area contributed by atoms with Gasteiger partial charge < -0.3 is 34.2 Å². The van der Waals surface area contributed by atoms with Crippen molar-refractivity contribution in [1.29, 1.82) is 0 Å². The SMILES string of the molecule is COc1ccc(CN2Cc3c(C4CC4)ncc(Nc4ccc(N5CCN(C(=O)OC(C)(C)C)CC5)cn4)c3C2=O)c(OC)c1. The molecule has 0 spiro atoms. The Hall–Kier alpha value is -4.54. The van der Waals surface area contributed by atoms with E-state index in [9.17, 15) is 9.59 Å². The molecule has 2 aliphatic heterocycles. The van der Waals surface area contributed by atoms with Gasteiger partial charge in [0.2, 0.25) is 0 Å².